The van der Waals surface area contributed by atoms with Crippen LogP contribution in [0.5, 0.6) is 0 Å². The number of rotatable bonds is 4. The molecule has 1 heterocycles. The molecule has 1 aliphatic carbocycles. The molecule has 2 aliphatic rings. The number of carbonyl (C=O) groups excluding carboxylic acids is 3. The van der Waals surface area contributed by atoms with E-state index in [9.17, 15) is 23.2 Å². The first-order valence-corrected chi connectivity index (χ1v) is 12.2. The van der Waals surface area contributed by atoms with Crippen molar-refractivity contribution in [3.8, 4) is 0 Å². The van der Waals surface area contributed by atoms with Gasteiger partial charge in [0.25, 0.3) is 11.8 Å². The molecule has 1 saturated heterocycles. The molecule has 2 fully saturated rings. The molecule has 192 valence electrons. The summed E-state index contributed by atoms with van der Waals surface area (Å²) in [6, 6.07) is 9.11. The summed E-state index contributed by atoms with van der Waals surface area (Å²) in [5, 5.41) is 5.75. The molecule has 2 aromatic carbocycles. The quantitative estimate of drug-likeness (QED) is 0.600. The summed E-state index contributed by atoms with van der Waals surface area (Å²) in [4.78, 5) is 42.7. The minimum Gasteiger partial charge on any atom is -0.350 e. The molecule has 4 N–H and O–H groups in total. The topological polar surface area (TPSA) is 108 Å². The van der Waals surface area contributed by atoms with Crippen LogP contribution in [0.3, 0.4) is 0 Å². The maximum absolute atomic E-state index is 13.9. The molecule has 1 saturated carbocycles. The van der Waals surface area contributed by atoms with Crippen LogP contribution in [-0.4, -0.2) is 59.0 Å². The lowest BCUT2D eigenvalue weighted by atomic mass is 9.91. The molecule has 8 nitrogen and oxygen atoms in total. The predicted octanol–water partition coefficient (Wildman–Crippen LogP) is 3.37. The van der Waals surface area contributed by atoms with Gasteiger partial charge < -0.3 is 21.3 Å². The number of nitrogens with zero attached hydrogens (tertiary/aromatic N) is 2. The van der Waals surface area contributed by atoms with Crippen LogP contribution in [0.1, 0.15) is 48.0 Å². The second-order valence-electron chi connectivity index (χ2n) is 9.49. The smallest absolute Gasteiger partial charge is 0.323 e. The number of nitrogens with two attached hydrogens (primary N) is 1. The number of carbonyl (C=O) groups is 3. The molecule has 1 atom stereocenters. The van der Waals surface area contributed by atoms with Gasteiger partial charge in [-0.25, -0.2) is 13.6 Å². The standard InChI is InChI=1S/C26H31F2N5O3/c1-16-3-7-22(8-4-16)31-26(36)33-12-2-11-32(25(35)17-13-18(27)15-19(28)14-17)24(33)23(34)30-21-9-5-20(29)6-10-21/h3-4,7-8,13-15,20-21,24H,2,5-6,9-12,29H2,1H3,(H,30,34)(H,31,36). The fourth-order valence-electron chi connectivity index (χ4n) is 4.75. The fraction of sp³-hybridized carbons (Fsp3) is 0.423. The average Bonchev–Trinajstić information content (AvgIpc) is 2.85. The summed E-state index contributed by atoms with van der Waals surface area (Å²) in [6.45, 7) is 2.30. The number of urea groups is 1. The van der Waals surface area contributed by atoms with Gasteiger partial charge in [0.05, 0.1) is 0 Å². The maximum Gasteiger partial charge on any atom is 0.323 e. The first-order chi connectivity index (χ1) is 17.2. The summed E-state index contributed by atoms with van der Waals surface area (Å²) in [6.07, 6.45) is 2.03. The molecular weight excluding hydrogens is 468 g/mol. The van der Waals surface area contributed by atoms with Crippen molar-refractivity contribution in [2.24, 2.45) is 5.73 Å². The highest BCUT2D eigenvalue weighted by atomic mass is 19.1. The first-order valence-electron chi connectivity index (χ1n) is 12.2. The lowest BCUT2D eigenvalue weighted by molar-refractivity contribution is -0.133. The highest BCUT2D eigenvalue weighted by molar-refractivity contribution is 6.00. The van der Waals surface area contributed by atoms with E-state index < -0.39 is 35.6 Å². The number of hydrogen-bond acceptors (Lipinski definition) is 4. The van der Waals surface area contributed by atoms with Gasteiger partial charge in [-0.3, -0.25) is 14.5 Å². The molecule has 4 amide bonds. The molecule has 0 bridgehead atoms. The number of nitrogens with one attached hydrogen (secondary N) is 2. The highest BCUT2D eigenvalue weighted by Gasteiger charge is 2.41. The van der Waals surface area contributed by atoms with E-state index in [1.807, 2.05) is 19.1 Å². The molecule has 0 spiro atoms. The number of aryl methyl sites for hydroxylation is 1. The van der Waals surface area contributed by atoms with Crippen molar-refractivity contribution in [2.75, 3.05) is 18.4 Å². The third kappa shape index (κ3) is 5.99. The molecule has 2 aromatic rings. The SMILES string of the molecule is Cc1ccc(NC(=O)N2CCCN(C(=O)c3cc(F)cc(F)c3)C2C(=O)NC2CCC(N)CC2)cc1. The number of anilines is 1. The van der Waals surface area contributed by atoms with Gasteiger partial charge in [0.1, 0.15) is 11.6 Å². The Morgan fingerprint density at radius 3 is 2.17 bits per heavy atom. The Kier molecular flexibility index (Phi) is 7.83. The van der Waals surface area contributed by atoms with Crippen molar-refractivity contribution < 1.29 is 23.2 Å². The summed E-state index contributed by atoms with van der Waals surface area (Å²) in [5.74, 6) is -3.04. The Hall–Kier alpha value is -3.53. The third-order valence-corrected chi connectivity index (χ3v) is 6.68. The van der Waals surface area contributed by atoms with Crippen LogP contribution in [0.2, 0.25) is 0 Å². The monoisotopic (exact) mass is 499 g/mol. The Balaban J connectivity index is 1.60. The zero-order chi connectivity index (χ0) is 25.8. The van der Waals surface area contributed by atoms with Crippen LogP contribution in [-0.2, 0) is 4.79 Å². The Labute approximate surface area is 208 Å². The lowest BCUT2D eigenvalue weighted by Crippen LogP contribution is -2.65. The molecule has 0 aromatic heterocycles. The van der Waals surface area contributed by atoms with Gasteiger partial charge in [-0.1, -0.05) is 17.7 Å². The van der Waals surface area contributed by atoms with E-state index >= 15 is 0 Å². The van der Waals surface area contributed by atoms with Crippen LogP contribution in [0.25, 0.3) is 0 Å². The summed E-state index contributed by atoms with van der Waals surface area (Å²) in [7, 11) is 0. The first kappa shape index (κ1) is 25.6. The number of halogens is 2. The Bertz CT molecular complexity index is 1100. The molecule has 4 rings (SSSR count). The highest BCUT2D eigenvalue weighted by Crippen LogP contribution is 2.23. The zero-order valence-electron chi connectivity index (χ0n) is 20.2. The van der Waals surface area contributed by atoms with Gasteiger partial charge in [-0.05, 0) is 63.3 Å². The maximum atomic E-state index is 13.9. The van der Waals surface area contributed by atoms with E-state index in [-0.39, 0.29) is 30.7 Å². The van der Waals surface area contributed by atoms with Gasteiger partial charge >= 0.3 is 6.03 Å². The largest absolute Gasteiger partial charge is 0.350 e. The minimum absolute atomic E-state index is 0.0885. The Morgan fingerprint density at radius 2 is 1.53 bits per heavy atom. The zero-order valence-corrected chi connectivity index (χ0v) is 20.2. The summed E-state index contributed by atoms with van der Waals surface area (Å²) < 4.78 is 27.7. The Morgan fingerprint density at radius 1 is 0.917 bits per heavy atom. The van der Waals surface area contributed by atoms with Gasteiger partial charge in [0.2, 0.25) is 0 Å². The van der Waals surface area contributed by atoms with E-state index in [1.54, 1.807) is 12.1 Å². The van der Waals surface area contributed by atoms with E-state index in [2.05, 4.69) is 10.6 Å². The summed E-state index contributed by atoms with van der Waals surface area (Å²) >= 11 is 0. The third-order valence-electron chi connectivity index (χ3n) is 6.68. The lowest BCUT2D eigenvalue weighted by Gasteiger charge is -2.43. The van der Waals surface area contributed by atoms with Crippen LogP contribution < -0.4 is 16.4 Å². The molecular formula is C26H31F2N5O3. The number of amides is 4. The molecule has 0 radical (unpaired) electrons. The minimum atomic E-state index is -1.28. The molecule has 10 heteroatoms. The fourth-order valence-corrected chi connectivity index (χ4v) is 4.75. The van der Waals surface area contributed by atoms with Crippen molar-refractivity contribution in [3.05, 3.63) is 65.2 Å². The van der Waals surface area contributed by atoms with Gasteiger partial charge in [0, 0.05) is 42.5 Å². The molecule has 36 heavy (non-hydrogen) atoms. The van der Waals surface area contributed by atoms with Crippen molar-refractivity contribution in [3.63, 3.8) is 0 Å². The van der Waals surface area contributed by atoms with E-state index in [0.717, 1.165) is 30.5 Å². The molecule has 1 aliphatic heterocycles. The normalized spacial score (nSPS) is 22.2. The van der Waals surface area contributed by atoms with Gasteiger partial charge in [-0.15, -0.1) is 0 Å². The molecule has 1 unspecified atom stereocenters. The van der Waals surface area contributed by atoms with E-state index in [0.29, 0.717) is 31.0 Å². The second kappa shape index (κ2) is 11.0. The van der Waals surface area contributed by atoms with Crippen LogP contribution in [0.15, 0.2) is 42.5 Å². The average molecular weight is 500 g/mol. The van der Waals surface area contributed by atoms with Crippen molar-refractivity contribution in [1.82, 2.24) is 15.1 Å². The van der Waals surface area contributed by atoms with Gasteiger partial charge in [0.15, 0.2) is 6.17 Å². The van der Waals surface area contributed by atoms with Crippen LogP contribution in [0.4, 0.5) is 19.3 Å². The number of benzene rings is 2. The summed E-state index contributed by atoms with van der Waals surface area (Å²) in [5.41, 5.74) is 7.32. The van der Waals surface area contributed by atoms with E-state index in [4.69, 9.17) is 5.73 Å². The van der Waals surface area contributed by atoms with Gasteiger partial charge in [-0.2, -0.15) is 0 Å². The van der Waals surface area contributed by atoms with Crippen molar-refractivity contribution in [1.29, 1.82) is 0 Å². The van der Waals surface area contributed by atoms with E-state index in [1.165, 1.54) is 9.80 Å². The van der Waals surface area contributed by atoms with Crippen LogP contribution >= 0.6 is 0 Å². The second-order valence-corrected chi connectivity index (χ2v) is 9.49. The van der Waals surface area contributed by atoms with Crippen LogP contribution in [0, 0.1) is 18.6 Å². The number of hydrogen-bond donors (Lipinski definition) is 3. The van der Waals surface area contributed by atoms with Crippen molar-refractivity contribution in [2.45, 2.75) is 57.3 Å². The predicted molar refractivity (Wildman–Crippen MR) is 131 cm³/mol. The van der Waals surface area contributed by atoms with Crippen molar-refractivity contribution >= 4 is 23.5 Å².